The molecule has 19 heavy (non-hydrogen) atoms. The molecule has 0 spiro atoms. The van der Waals surface area contributed by atoms with Crippen LogP contribution in [0.15, 0.2) is 42.7 Å². The summed E-state index contributed by atoms with van der Waals surface area (Å²) >= 11 is 5.71. The Kier molecular flexibility index (Phi) is 2.89. The molecule has 3 rings (SSSR count). The van der Waals surface area contributed by atoms with Crippen LogP contribution in [-0.4, -0.2) is 20.9 Å². The summed E-state index contributed by atoms with van der Waals surface area (Å²) in [6, 6.07) is 9.44. The van der Waals surface area contributed by atoms with E-state index in [1.54, 1.807) is 6.07 Å². The molecule has 0 fully saturated rings. The van der Waals surface area contributed by atoms with E-state index in [0.29, 0.717) is 11.5 Å². The number of hydrogen-bond acceptors (Lipinski definition) is 3. The average Bonchev–Trinajstić information content (AvgIpc) is 2.82. The Labute approximate surface area is 113 Å². The number of rotatable bonds is 2. The lowest BCUT2D eigenvalue weighted by Crippen LogP contribution is -2.13. The Bertz CT molecular complexity index is 720. The summed E-state index contributed by atoms with van der Waals surface area (Å²) in [6.45, 7) is 0. The van der Waals surface area contributed by atoms with Crippen molar-refractivity contribution in [3.8, 4) is 0 Å². The van der Waals surface area contributed by atoms with Crippen LogP contribution in [0, 0.1) is 0 Å². The van der Waals surface area contributed by atoms with Crippen molar-refractivity contribution in [2.24, 2.45) is 0 Å². The van der Waals surface area contributed by atoms with Crippen LogP contribution in [0.2, 0.25) is 5.15 Å². The fourth-order valence-electron chi connectivity index (χ4n) is 1.78. The fraction of sp³-hybridized carbons (Fsp3) is 0. The Morgan fingerprint density at radius 2 is 2.11 bits per heavy atom. The minimum Gasteiger partial charge on any atom is -0.351 e. The van der Waals surface area contributed by atoms with Gasteiger partial charge >= 0.3 is 0 Å². The number of para-hydroxylation sites is 1. The number of carbonyl (C=O) groups is 1. The van der Waals surface area contributed by atoms with E-state index in [1.807, 2.05) is 24.3 Å². The number of amides is 1. The number of aromatic nitrogens is 3. The van der Waals surface area contributed by atoms with Crippen molar-refractivity contribution < 1.29 is 4.79 Å². The van der Waals surface area contributed by atoms with Crippen LogP contribution in [0.1, 0.15) is 10.5 Å². The maximum absolute atomic E-state index is 12.0. The second-order valence-electron chi connectivity index (χ2n) is 3.95. The second-order valence-corrected chi connectivity index (χ2v) is 4.34. The van der Waals surface area contributed by atoms with Gasteiger partial charge in [-0.15, -0.1) is 0 Å². The number of anilines is 1. The molecule has 6 heteroatoms. The highest BCUT2D eigenvalue weighted by molar-refractivity contribution is 6.29. The van der Waals surface area contributed by atoms with Crippen LogP contribution in [0.4, 0.5) is 5.82 Å². The smallest absolute Gasteiger partial charge is 0.273 e. The molecular weight excluding hydrogens is 264 g/mol. The van der Waals surface area contributed by atoms with Gasteiger partial charge in [-0.25, -0.2) is 4.98 Å². The molecule has 0 aliphatic heterocycles. The highest BCUT2D eigenvalue weighted by Crippen LogP contribution is 2.15. The molecule has 0 unspecified atom stereocenters. The summed E-state index contributed by atoms with van der Waals surface area (Å²) in [5.74, 6) is 0.0314. The summed E-state index contributed by atoms with van der Waals surface area (Å²) in [7, 11) is 0. The Morgan fingerprint density at radius 3 is 2.89 bits per heavy atom. The minimum atomic E-state index is -0.284. The van der Waals surface area contributed by atoms with Crippen LogP contribution in [0.3, 0.4) is 0 Å². The number of nitrogens with one attached hydrogen (secondary N) is 2. The van der Waals surface area contributed by atoms with E-state index >= 15 is 0 Å². The molecule has 2 heterocycles. The number of hydrogen-bond donors (Lipinski definition) is 2. The van der Waals surface area contributed by atoms with Crippen molar-refractivity contribution in [2.75, 3.05) is 5.32 Å². The SMILES string of the molecule is O=C(Nc1cncc(Cl)n1)c1cc2ccccc2[nH]1. The second kappa shape index (κ2) is 4.70. The quantitative estimate of drug-likeness (QED) is 0.753. The van der Waals surface area contributed by atoms with Gasteiger partial charge in [0.25, 0.3) is 5.91 Å². The zero-order valence-corrected chi connectivity index (χ0v) is 10.5. The van der Waals surface area contributed by atoms with E-state index in [1.165, 1.54) is 12.4 Å². The molecule has 3 aromatic rings. The highest BCUT2D eigenvalue weighted by Gasteiger charge is 2.10. The monoisotopic (exact) mass is 272 g/mol. The maximum atomic E-state index is 12.0. The number of aromatic amines is 1. The number of benzene rings is 1. The van der Waals surface area contributed by atoms with Crippen molar-refractivity contribution in [3.05, 3.63) is 53.6 Å². The minimum absolute atomic E-state index is 0.231. The molecule has 0 aliphatic rings. The van der Waals surface area contributed by atoms with Crippen molar-refractivity contribution in [3.63, 3.8) is 0 Å². The molecule has 2 N–H and O–H groups in total. The van der Waals surface area contributed by atoms with Crippen molar-refractivity contribution in [2.45, 2.75) is 0 Å². The number of halogens is 1. The first-order valence-electron chi connectivity index (χ1n) is 5.59. The normalized spacial score (nSPS) is 10.6. The zero-order chi connectivity index (χ0) is 13.2. The first-order chi connectivity index (χ1) is 9.22. The lowest BCUT2D eigenvalue weighted by Gasteiger charge is -2.01. The predicted octanol–water partition coefficient (Wildman–Crippen LogP) is 2.86. The molecule has 5 nitrogen and oxygen atoms in total. The van der Waals surface area contributed by atoms with Crippen LogP contribution in [0.25, 0.3) is 10.9 Å². The molecule has 0 aliphatic carbocycles. The first-order valence-corrected chi connectivity index (χ1v) is 5.97. The molecule has 1 amide bonds. The van der Waals surface area contributed by atoms with E-state index in [9.17, 15) is 4.79 Å². The van der Waals surface area contributed by atoms with Gasteiger partial charge in [0, 0.05) is 10.9 Å². The summed E-state index contributed by atoms with van der Waals surface area (Å²) in [6.07, 6.45) is 2.84. The van der Waals surface area contributed by atoms with Crippen LogP contribution in [-0.2, 0) is 0 Å². The molecule has 1 aromatic carbocycles. The number of nitrogens with zero attached hydrogens (tertiary/aromatic N) is 2. The van der Waals surface area contributed by atoms with Gasteiger partial charge < -0.3 is 10.3 Å². The van der Waals surface area contributed by atoms with E-state index < -0.39 is 0 Å². The third kappa shape index (κ3) is 2.41. The van der Waals surface area contributed by atoms with Gasteiger partial charge in [0.15, 0.2) is 5.82 Å². The number of carbonyl (C=O) groups excluding carboxylic acids is 1. The van der Waals surface area contributed by atoms with Crippen molar-refractivity contribution >= 4 is 34.2 Å². The van der Waals surface area contributed by atoms with Gasteiger partial charge in [-0.3, -0.25) is 9.78 Å². The molecule has 0 saturated carbocycles. The molecular formula is C13H9ClN4O. The molecule has 0 atom stereocenters. The maximum Gasteiger partial charge on any atom is 0.273 e. The van der Waals surface area contributed by atoms with Gasteiger partial charge in [0.1, 0.15) is 10.8 Å². The zero-order valence-electron chi connectivity index (χ0n) is 9.72. The third-order valence-corrected chi connectivity index (χ3v) is 2.80. The van der Waals surface area contributed by atoms with E-state index in [0.717, 1.165) is 10.9 Å². The lowest BCUT2D eigenvalue weighted by atomic mass is 10.2. The van der Waals surface area contributed by atoms with Gasteiger partial charge in [-0.2, -0.15) is 0 Å². The summed E-state index contributed by atoms with van der Waals surface area (Å²) in [4.78, 5) is 22.9. The average molecular weight is 273 g/mol. The molecule has 0 saturated heterocycles. The summed E-state index contributed by atoms with van der Waals surface area (Å²) in [5.41, 5.74) is 1.37. The van der Waals surface area contributed by atoms with Crippen LogP contribution < -0.4 is 5.32 Å². The van der Waals surface area contributed by atoms with Crippen LogP contribution >= 0.6 is 11.6 Å². The summed E-state index contributed by atoms with van der Waals surface area (Å²) < 4.78 is 0. The highest BCUT2D eigenvalue weighted by atomic mass is 35.5. The molecule has 0 radical (unpaired) electrons. The van der Waals surface area contributed by atoms with E-state index in [2.05, 4.69) is 20.3 Å². The Balaban J connectivity index is 1.87. The van der Waals surface area contributed by atoms with Crippen molar-refractivity contribution in [1.29, 1.82) is 0 Å². The predicted molar refractivity (Wildman–Crippen MR) is 73.3 cm³/mol. The van der Waals surface area contributed by atoms with Gasteiger partial charge in [0.2, 0.25) is 0 Å². The number of fused-ring (bicyclic) bond motifs is 1. The third-order valence-electron chi connectivity index (χ3n) is 2.62. The van der Waals surface area contributed by atoms with Gasteiger partial charge in [0.05, 0.1) is 12.4 Å². The van der Waals surface area contributed by atoms with E-state index in [-0.39, 0.29) is 11.1 Å². The van der Waals surface area contributed by atoms with Gasteiger partial charge in [-0.05, 0) is 12.1 Å². The van der Waals surface area contributed by atoms with Crippen molar-refractivity contribution in [1.82, 2.24) is 15.0 Å². The standard InChI is InChI=1S/C13H9ClN4O/c14-11-6-15-7-12(17-11)18-13(19)10-5-8-3-1-2-4-9(8)16-10/h1-7,16H,(H,17,18,19). The first kappa shape index (κ1) is 11.7. The van der Waals surface area contributed by atoms with E-state index in [4.69, 9.17) is 11.6 Å². The van der Waals surface area contributed by atoms with Crippen LogP contribution in [0.5, 0.6) is 0 Å². The molecule has 0 bridgehead atoms. The molecule has 2 aromatic heterocycles. The Hall–Kier alpha value is -2.40. The van der Waals surface area contributed by atoms with Gasteiger partial charge in [-0.1, -0.05) is 29.8 Å². The lowest BCUT2D eigenvalue weighted by molar-refractivity contribution is 0.102. The fourth-order valence-corrected chi connectivity index (χ4v) is 1.93. The topological polar surface area (TPSA) is 70.7 Å². The summed E-state index contributed by atoms with van der Waals surface area (Å²) in [5, 5.41) is 3.84. The Morgan fingerprint density at radius 1 is 1.26 bits per heavy atom. The largest absolute Gasteiger partial charge is 0.351 e. The molecule has 94 valence electrons. The number of H-pyrrole nitrogens is 1.